The van der Waals surface area contributed by atoms with Gasteiger partial charge in [-0.25, -0.2) is 9.97 Å². The Kier molecular flexibility index (Phi) is 5.12. The number of aromatic nitrogens is 3. The standard InChI is InChI=1S/C16H19N3OS2/c1-3-15-17-12(10-21-15)11-22-16-18-13-6-4-5-7-14(13)19(16)8-9-20-2/h4-7,10H,3,8-9,11H2,1-2H3. The van der Waals surface area contributed by atoms with Gasteiger partial charge < -0.3 is 9.30 Å². The summed E-state index contributed by atoms with van der Waals surface area (Å²) in [7, 11) is 1.73. The summed E-state index contributed by atoms with van der Waals surface area (Å²) in [6.45, 7) is 3.64. The van der Waals surface area contributed by atoms with Crippen LogP contribution < -0.4 is 0 Å². The first kappa shape index (κ1) is 15.5. The Morgan fingerprint density at radius 2 is 2.14 bits per heavy atom. The molecule has 0 spiro atoms. The van der Waals surface area contributed by atoms with Crippen molar-refractivity contribution >= 4 is 34.1 Å². The van der Waals surface area contributed by atoms with E-state index in [1.165, 1.54) is 5.01 Å². The molecule has 0 saturated heterocycles. The molecular weight excluding hydrogens is 314 g/mol. The minimum Gasteiger partial charge on any atom is -0.383 e. The van der Waals surface area contributed by atoms with E-state index in [1.54, 1.807) is 30.2 Å². The van der Waals surface area contributed by atoms with Crippen molar-refractivity contribution in [3.05, 3.63) is 40.3 Å². The fraction of sp³-hybridized carbons (Fsp3) is 0.375. The maximum Gasteiger partial charge on any atom is 0.169 e. The predicted molar refractivity (Wildman–Crippen MR) is 92.7 cm³/mol. The van der Waals surface area contributed by atoms with Gasteiger partial charge in [0.1, 0.15) is 0 Å². The van der Waals surface area contributed by atoms with Crippen LogP contribution >= 0.6 is 23.1 Å². The Labute approximate surface area is 138 Å². The van der Waals surface area contributed by atoms with Crippen LogP contribution in [-0.4, -0.2) is 28.3 Å². The summed E-state index contributed by atoms with van der Waals surface area (Å²) in [5, 5.41) is 4.38. The lowest BCUT2D eigenvalue weighted by Gasteiger charge is -2.07. The second kappa shape index (κ2) is 7.26. The number of hydrogen-bond acceptors (Lipinski definition) is 5. The molecule has 6 heteroatoms. The highest BCUT2D eigenvalue weighted by Gasteiger charge is 2.11. The Balaban J connectivity index is 1.82. The molecule has 0 fully saturated rings. The van der Waals surface area contributed by atoms with E-state index in [2.05, 4.69) is 40.1 Å². The number of imidazole rings is 1. The third kappa shape index (κ3) is 3.34. The number of rotatable bonds is 7. The van der Waals surface area contributed by atoms with Crippen LogP contribution in [0.5, 0.6) is 0 Å². The number of nitrogens with zero attached hydrogens (tertiary/aromatic N) is 3. The highest BCUT2D eigenvalue weighted by Crippen LogP contribution is 2.27. The van der Waals surface area contributed by atoms with Crippen molar-refractivity contribution in [2.75, 3.05) is 13.7 Å². The van der Waals surface area contributed by atoms with Gasteiger partial charge in [0.15, 0.2) is 5.16 Å². The first-order chi connectivity index (χ1) is 10.8. The van der Waals surface area contributed by atoms with E-state index in [0.717, 1.165) is 40.6 Å². The molecule has 2 heterocycles. The molecule has 0 N–H and O–H groups in total. The largest absolute Gasteiger partial charge is 0.383 e. The van der Waals surface area contributed by atoms with Gasteiger partial charge in [-0.2, -0.15) is 0 Å². The highest BCUT2D eigenvalue weighted by atomic mass is 32.2. The predicted octanol–water partition coefficient (Wildman–Crippen LogP) is 3.99. The van der Waals surface area contributed by atoms with Crippen molar-refractivity contribution in [1.82, 2.24) is 14.5 Å². The van der Waals surface area contributed by atoms with Gasteiger partial charge in [-0.15, -0.1) is 11.3 Å². The molecule has 3 rings (SSSR count). The zero-order chi connectivity index (χ0) is 15.4. The zero-order valence-electron chi connectivity index (χ0n) is 12.8. The Morgan fingerprint density at radius 1 is 1.27 bits per heavy atom. The van der Waals surface area contributed by atoms with E-state index in [4.69, 9.17) is 9.72 Å². The van der Waals surface area contributed by atoms with E-state index in [9.17, 15) is 0 Å². The Hall–Kier alpha value is -1.37. The second-order valence-corrected chi connectivity index (χ2v) is 6.79. The number of aryl methyl sites for hydroxylation is 1. The minimum absolute atomic E-state index is 0.685. The zero-order valence-corrected chi connectivity index (χ0v) is 14.4. The topological polar surface area (TPSA) is 39.9 Å². The van der Waals surface area contributed by atoms with Crippen molar-refractivity contribution in [1.29, 1.82) is 0 Å². The normalized spacial score (nSPS) is 11.4. The molecule has 0 amide bonds. The summed E-state index contributed by atoms with van der Waals surface area (Å²) in [6, 6.07) is 8.24. The van der Waals surface area contributed by atoms with Gasteiger partial charge in [0.05, 0.1) is 28.3 Å². The summed E-state index contributed by atoms with van der Waals surface area (Å²) in [5.41, 5.74) is 3.33. The first-order valence-electron chi connectivity index (χ1n) is 7.32. The smallest absolute Gasteiger partial charge is 0.169 e. The van der Waals surface area contributed by atoms with Crippen molar-refractivity contribution < 1.29 is 4.74 Å². The van der Waals surface area contributed by atoms with Crippen LogP contribution in [0, 0.1) is 0 Å². The molecule has 0 aliphatic carbocycles. The first-order valence-corrected chi connectivity index (χ1v) is 9.18. The molecule has 2 aromatic heterocycles. The molecule has 0 aliphatic heterocycles. The van der Waals surface area contributed by atoms with Gasteiger partial charge in [0.2, 0.25) is 0 Å². The molecule has 22 heavy (non-hydrogen) atoms. The lowest BCUT2D eigenvalue weighted by Crippen LogP contribution is -2.05. The van der Waals surface area contributed by atoms with E-state index in [1.807, 2.05) is 6.07 Å². The number of thiazole rings is 1. The maximum absolute atomic E-state index is 5.23. The molecule has 116 valence electrons. The Morgan fingerprint density at radius 3 is 2.91 bits per heavy atom. The van der Waals surface area contributed by atoms with Crippen molar-refractivity contribution in [3.63, 3.8) is 0 Å². The second-order valence-electron chi connectivity index (χ2n) is 4.90. The average Bonchev–Trinajstić information content (AvgIpc) is 3.15. The van der Waals surface area contributed by atoms with Crippen LogP contribution in [-0.2, 0) is 23.5 Å². The van der Waals surface area contributed by atoms with Gasteiger partial charge in [-0.1, -0.05) is 30.8 Å². The van der Waals surface area contributed by atoms with Crippen LogP contribution in [0.25, 0.3) is 11.0 Å². The fourth-order valence-corrected chi connectivity index (χ4v) is 4.06. The number of ether oxygens (including phenoxy) is 1. The van der Waals surface area contributed by atoms with Gasteiger partial charge in [-0.3, -0.25) is 0 Å². The number of fused-ring (bicyclic) bond motifs is 1. The summed E-state index contributed by atoms with van der Waals surface area (Å²) in [6.07, 6.45) is 1.00. The van der Waals surface area contributed by atoms with Gasteiger partial charge in [-0.05, 0) is 18.6 Å². The molecule has 0 atom stereocenters. The molecule has 0 unspecified atom stereocenters. The van der Waals surface area contributed by atoms with Gasteiger partial charge in [0.25, 0.3) is 0 Å². The van der Waals surface area contributed by atoms with Gasteiger partial charge in [0, 0.05) is 24.8 Å². The molecular formula is C16H19N3OS2. The molecule has 0 radical (unpaired) electrons. The molecule has 0 aliphatic rings. The number of para-hydroxylation sites is 2. The van der Waals surface area contributed by atoms with Crippen molar-refractivity contribution in [3.8, 4) is 0 Å². The fourth-order valence-electron chi connectivity index (χ4n) is 2.28. The molecule has 0 bridgehead atoms. The molecule has 1 aromatic carbocycles. The van der Waals surface area contributed by atoms with Crippen molar-refractivity contribution in [2.45, 2.75) is 30.8 Å². The van der Waals surface area contributed by atoms with Crippen LogP contribution in [0.3, 0.4) is 0 Å². The minimum atomic E-state index is 0.685. The summed E-state index contributed by atoms with van der Waals surface area (Å²) < 4.78 is 7.46. The summed E-state index contributed by atoms with van der Waals surface area (Å²) in [4.78, 5) is 9.38. The summed E-state index contributed by atoms with van der Waals surface area (Å²) in [5.74, 6) is 0.854. The lowest BCUT2D eigenvalue weighted by atomic mass is 10.3. The monoisotopic (exact) mass is 333 g/mol. The van der Waals surface area contributed by atoms with Crippen molar-refractivity contribution in [2.24, 2.45) is 0 Å². The van der Waals surface area contributed by atoms with Crippen LogP contribution in [0.1, 0.15) is 17.6 Å². The number of hydrogen-bond donors (Lipinski definition) is 0. The van der Waals surface area contributed by atoms with Crippen LogP contribution in [0.15, 0.2) is 34.8 Å². The SMILES string of the molecule is CCc1nc(CSc2nc3ccccc3n2CCOC)cs1. The molecule has 0 saturated carbocycles. The van der Waals surface area contributed by atoms with E-state index in [-0.39, 0.29) is 0 Å². The molecule has 3 aromatic rings. The van der Waals surface area contributed by atoms with E-state index in [0.29, 0.717) is 6.61 Å². The quantitative estimate of drug-likeness (QED) is 0.613. The number of thioether (sulfide) groups is 1. The average molecular weight is 333 g/mol. The van der Waals surface area contributed by atoms with Crippen LogP contribution in [0.4, 0.5) is 0 Å². The van der Waals surface area contributed by atoms with E-state index < -0.39 is 0 Å². The van der Waals surface area contributed by atoms with E-state index >= 15 is 0 Å². The third-order valence-corrected chi connectivity index (χ3v) is 5.44. The Bertz CT molecular complexity index is 751. The summed E-state index contributed by atoms with van der Waals surface area (Å²) >= 11 is 3.48. The number of benzene rings is 1. The maximum atomic E-state index is 5.23. The molecule has 4 nitrogen and oxygen atoms in total. The number of methoxy groups -OCH3 is 1. The highest BCUT2D eigenvalue weighted by molar-refractivity contribution is 7.98. The third-order valence-electron chi connectivity index (χ3n) is 3.39. The van der Waals surface area contributed by atoms with Gasteiger partial charge >= 0.3 is 0 Å². The lowest BCUT2D eigenvalue weighted by molar-refractivity contribution is 0.186. The van der Waals surface area contributed by atoms with Crippen LogP contribution in [0.2, 0.25) is 0 Å².